The van der Waals surface area contributed by atoms with Crippen molar-refractivity contribution in [2.24, 2.45) is 5.92 Å². The molecule has 0 spiro atoms. The van der Waals surface area contributed by atoms with Crippen molar-refractivity contribution in [3.8, 4) is 28.1 Å². The molecular weight excluding hydrogens is 506 g/mol. The highest BCUT2D eigenvalue weighted by atomic mass is 16.4. The van der Waals surface area contributed by atoms with E-state index in [4.69, 9.17) is 10.8 Å². The predicted molar refractivity (Wildman–Crippen MR) is 153 cm³/mol. The van der Waals surface area contributed by atoms with Crippen LogP contribution in [0.3, 0.4) is 0 Å². The lowest BCUT2D eigenvalue weighted by Crippen LogP contribution is -2.50. The Hall–Kier alpha value is -3.50. The number of nitrogens with two attached hydrogens (primary N) is 1. The van der Waals surface area contributed by atoms with Gasteiger partial charge in [-0.15, -0.1) is 10.2 Å². The summed E-state index contributed by atoms with van der Waals surface area (Å²) in [7, 11) is 0. The summed E-state index contributed by atoms with van der Waals surface area (Å²) in [6.07, 6.45) is 12.1. The average Bonchev–Trinajstić information content (AvgIpc) is 3.48. The van der Waals surface area contributed by atoms with Gasteiger partial charge in [0.05, 0.1) is 23.9 Å². The van der Waals surface area contributed by atoms with Crippen molar-refractivity contribution in [2.45, 2.75) is 69.5 Å². The van der Waals surface area contributed by atoms with Gasteiger partial charge in [0.2, 0.25) is 0 Å². The molecule has 2 aromatic heterocycles. The molecule has 1 aromatic carbocycles. The van der Waals surface area contributed by atoms with Gasteiger partial charge in [0.25, 0.3) is 0 Å². The molecule has 1 saturated carbocycles. The molecule has 10 heteroatoms. The van der Waals surface area contributed by atoms with Crippen LogP contribution in [0.4, 0.5) is 5.82 Å². The monoisotopic (exact) mass is 545 g/mol. The van der Waals surface area contributed by atoms with Crippen LogP contribution in [0.2, 0.25) is 0 Å². The third-order valence-electron chi connectivity index (χ3n) is 9.37. The number of rotatable bonds is 6. The van der Waals surface area contributed by atoms with Gasteiger partial charge in [0, 0.05) is 48.1 Å². The fraction of sp³-hybridized carbons (Fsp3) is 0.533. The molecule has 0 atom stereocenters. The van der Waals surface area contributed by atoms with E-state index in [9.17, 15) is 15.0 Å². The lowest BCUT2D eigenvalue weighted by atomic mass is 9.84. The van der Waals surface area contributed by atoms with Crippen LogP contribution in [0.1, 0.15) is 57.4 Å². The van der Waals surface area contributed by atoms with Gasteiger partial charge >= 0.3 is 5.97 Å². The second kappa shape index (κ2) is 11.5. The Morgan fingerprint density at radius 3 is 2.10 bits per heavy atom. The number of aliphatic carboxylic acids is 1. The Kier molecular flexibility index (Phi) is 7.71. The molecule has 212 valence electrons. The van der Waals surface area contributed by atoms with Gasteiger partial charge in [-0.2, -0.15) is 5.10 Å². The van der Waals surface area contributed by atoms with Crippen molar-refractivity contribution >= 4 is 11.8 Å². The summed E-state index contributed by atoms with van der Waals surface area (Å²) in [6, 6.07) is 10.5. The molecule has 40 heavy (non-hydrogen) atoms. The van der Waals surface area contributed by atoms with E-state index in [1.54, 1.807) is 12.1 Å². The first-order chi connectivity index (χ1) is 19.5. The number of carbonyl (C=O) groups is 1. The van der Waals surface area contributed by atoms with E-state index in [0.717, 1.165) is 75.8 Å². The van der Waals surface area contributed by atoms with Gasteiger partial charge in [0.15, 0.2) is 5.82 Å². The largest absolute Gasteiger partial charge is 0.507 e. The number of phenolic OH excluding ortho intramolecular Hbond substituents is 1. The zero-order valence-corrected chi connectivity index (χ0v) is 22.9. The molecule has 1 aliphatic carbocycles. The zero-order valence-electron chi connectivity index (χ0n) is 22.9. The van der Waals surface area contributed by atoms with Crippen molar-refractivity contribution in [3.63, 3.8) is 0 Å². The highest BCUT2D eigenvalue weighted by Gasteiger charge is 2.34. The molecule has 2 saturated heterocycles. The molecule has 10 nitrogen and oxygen atoms in total. The minimum atomic E-state index is -0.622. The van der Waals surface area contributed by atoms with Crippen molar-refractivity contribution in [1.29, 1.82) is 0 Å². The number of benzene rings is 1. The topological polar surface area (TPSA) is 134 Å². The smallest absolute Gasteiger partial charge is 0.306 e. The van der Waals surface area contributed by atoms with Crippen LogP contribution in [0.25, 0.3) is 22.4 Å². The van der Waals surface area contributed by atoms with E-state index < -0.39 is 5.97 Å². The number of aromatic hydroxyl groups is 1. The molecule has 0 unspecified atom stereocenters. The zero-order chi connectivity index (χ0) is 27.6. The van der Waals surface area contributed by atoms with Gasteiger partial charge < -0.3 is 25.7 Å². The summed E-state index contributed by atoms with van der Waals surface area (Å²) >= 11 is 0. The molecule has 0 bridgehead atoms. The number of hydrogen-bond donors (Lipinski definition) is 3. The fourth-order valence-electron chi connectivity index (χ4n) is 6.95. The number of hydrogen-bond acceptors (Lipinski definition) is 8. The van der Waals surface area contributed by atoms with Crippen LogP contribution in [0, 0.1) is 5.92 Å². The van der Waals surface area contributed by atoms with Gasteiger partial charge in [-0.25, -0.2) is 0 Å². The van der Waals surface area contributed by atoms with Gasteiger partial charge in [0.1, 0.15) is 5.75 Å². The fourth-order valence-corrected chi connectivity index (χ4v) is 6.95. The Morgan fingerprint density at radius 2 is 1.45 bits per heavy atom. The van der Waals surface area contributed by atoms with E-state index in [1.807, 2.05) is 24.4 Å². The van der Waals surface area contributed by atoms with Crippen LogP contribution in [0.15, 0.2) is 42.7 Å². The van der Waals surface area contributed by atoms with E-state index in [1.165, 1.54) is 12.8 Å². The van der Waals surface area contributed by atoms with Crippen molar-refractivity contribution in [3.05, 3.63) is 42.7 Å². The van der Waals surface area contributed by atoms with Crippen molar-refractivity contribution in [1.82, 2.24) is 29.8 Å². The molecule has 4 N–H and O–H groups in total. The maximum Gasteiger partial charge on any atom is 0.306 e. The standard InChI is InChI=1S/C30H39N7O3/c31-29-26(17-27(33-34-29)25-3-1-2-4-28(25)38)21-18-32-37(19-21)24-11-15-36(16-12-24)23-9-13-35(14-10-23)22-7-5-20(6-8-22)30(39)40/h1-4,17-20,22-24,38H,5-16H2,(H2,31,34)(H,39,40). The molecule has 0 amide bonds. The Labute approximate surface area is 234 Å². The predicted octanol–water partition coefficient (Wildman–Crippen LogP) is 4.04. The summed E-state index contributed by atoms with van der Waals surface area (Å²) in [6.45, 7) is 4.40. The number of nitrogens with zero attached hydrogens (tertiary/aromatic N) is 6. The number of anilines is 1. The number of carboxylic acids is 1. The highest BCUT2D eigenvalue weighted by Crippen LogP contribution is 2.34. The first-order valence-corrected chi connectivity index (χ1v) is 14.6. The first-order valence-electron chi connectivity index (χ1n) is 14.6. The molecule has 3 aromatic rings. The maximum atomic E-state index is 11.3. The number of phenols is 1. The van der Waals surface area contributed by atoms with E-state index in [-0.39, 0.29) is 11.7 Å². The first kappa shape index (κ1) is 26.7. The second-order valence-electron chi connectivity index (χ2n) is 11.6. The van der Waals surface area contributed by atoms with E-state index in [2.05, 4.69) is 30.9 Å². The molecular formula is C30H39N7O3. The second-order valence-corrected chi connectivity index (χ2v) is 11.6. The summed E-state index contributed by atoms with van der Waals surface area (Å²) in [5, 5.41) is 32.6. The SMILES string of the molecule is Nc1nnc(-c2ccccc2O)cc1-c1cnn(C2CCN(C3CCN(C4CCC(C(=O)O)CC4)CC3)CC2)c1. The Bertz CT molecular complexity index is 1320. The third-order valence-corrected chi connectivity index (χ3v) is 9.37. The molecule has 6 rings (SSSR count). The normalized spacial score (nSPS) is 23.8. The van der Waals surface area contributed by atoms with Crippen LogP contribution in [-0.4, -0.2) is 84.2 Å². The number of piperidine rings is 2. The van der Waals surface area contributed by atoms with Crippen LogP contribution >= 0.6 is 0 Å². The van der Waals surface area contributed by atoms with Crippen LogP contribution in [0.5, 0.6) is 5.75 Å². The minimum Gasteiger partial charge on any atom is -0.507 e. The Morgan fingerprint density at radius 1 is 0.825 bits per heavy atom. The molecule has 4 heterocycles. The number of para-hydroxylation sites is 1. The number of carboxylic acid groups (broad SMARTS) is 1. The number of aromatic nitrogens is 4. The summed E-state index contributed by atoms with van der Waals surface area (Å²) in [5.74, 6) is -0.261. The maximum absolute atomic E-state index is 11.3. The van der Waals surface area contributed by atoms with Crippen LogP contribution in [-0.2, 0) is 4.79 Å². The van der Waals surface area contributed by atoms with Crippen molar-refractivity contribution < 1.29 is 15.0 Å². The molecule has 2 aliphatic heterocycles. The minimum absolute atomic E-state index is 0.138. The van der Waals surface area contributed by atoms with Gasteiger partial charge in [-0.1, -0.05) is 12.1 Å². The molecule has 3 fully saturated rings. The molecule has 3 aliphatic rings. The van der Waals surface area contributed by atoms with E-state index in [0.29, 0.717) is 35.2 Å². The Balaban J connectivity index is 1.03. The summed E-state index contributed by atoms with van der Waals surface area (Å²) in [4.78, 5) is 16.6. The van der Waals surface area contributed by atoms with Crippen molar-refractivity contribution in [2.75, 3.05) is 31.9 Å². The lowest BCUT2D eigenvalue weighted by molar-refractivity contribution is -0.143. The quantitative estimate of drug-likeness (QED) is 0.420. The number of likely N-dealkylation sites (tertiary alicyclic amines) is 2. The van der Waals surface area contributed by atoms with Crippen LogP contribution < -0.4 is 5.73 Å². The summed E-state index contributed by atoms with van der Waals surface area (Å²) in [5.41, 5.74) is 9.05. The van der Waals surface area contributed by atoms with Gasteiger partial charge in [-0.05, 0) is 82.7 Å². The third kappa shape index (κ3) is 5.55. The number of nitrogen functional groups attached to an aromatic ring is 1. The lowest BCUT2D eigenvalue weighted by Gasteiger charge is -2.44. The summed E-state index contributed by atoms with van der Waals surface area (Å²) < 4.78 is 2.07. The molecule has 0 radical (unpaired) electrons. The van der Waals surface area contributed by atoms with Gasteiger partial charge in [-0.3, -0.25) is 9.48 Å². The average molecular weight is 546 g/mol. The van der Waals surface area contributed by atoms with E-state index >= 15 is 0 Å². The highest BCUT2D eigenvalue weighted by molar-refractivity contribution is 5.78.